The van der Waals surface area contributed by atoms with Crippen LogP contribution in [0.2, 0.25) is 0 Å². The number of hydrogen-bond donors (Lipinski definition) is 1. The Bertz CT molecular complexity index is 483. The fourth-order valence-electron chi connectivity index (χ4n) is 1.13. The lowest BCUT2D eigenvalue weighted by Gasteiger charge is -1.89. The molecule has 0 aromatic carbocycles. The molecular weight excluding hydrogens is 158 g/mol. The van der Waals surface area contributed by atoms with Crippen LogP contribution in [0.5, 0.6) is 0 Å². The molecule has 0 atom stereocenters. The molecule has 5 heteroatoms. The van der Waals surface area contributed by atoms with Crippen LogP contribution in [0.1, 0.15) is 11.4 Å². The third-order valence-corrected chi connectivity index (χ3v) is 1.74. The molecule has 0 spiro atoms. The Hall–Kier alpha value is -1.65. The van der Waals surface area contributed by atoms with Crippen LogP contribution < -0.4 is 5.56 Å². The number of aromatic amines is 1. The van der Waals surface area contributed by atoms with Gasteiger partial charge in [0.2, 0.25) is 0 Å². The standard InChI is InChI=1S/C7H7N3O2/c1-3-5-6(12-10-3)4(2)8-9-7(5)11/h1-2H3,(H,9,11). The zero-order chi connectivity index (χ0) is 8.72. The molecule has 0 amide bonds. The molecule has 5 nitrogen and oxygen atoms in total. The van der Waals surface area contributed by atoms with Gasteiger partial charge < -0.3 is 4.52 Å². The van der Waals surface area contributed by atoms with Crippen molar-refractivity contribution in [3.8, 4) is 0 Å². The summed E-state index contributed by atoms with van der Waals surface area (Å²) in [5.74, 6) is 0. The minimum Gasteiger partial charge on any atom is -0.354 e. The smallest absolute Gasteiger partial charge is 0.277 e. The van der Waals surface area contributed by atoms with Gasteiger partial charge in [0.05, 0.1) is 5.69 Å². The lowest BCUT2D eigenvalue weighted by Crippen LogP contribution is -2.08. The van der Waals surface area contributed by atoms with Crippen LogP contribution in [-0.4, -0.2) is 15.4 Å². The van der Waals surface area contributed by atoms with Crippen LogP contribution in [0.4, 0.5) is 0 Å². The highest BCUT2D eigenvalue weighted by Crippen LogP contribution is 2.14. The second-order valence-electron chi connectivity index (χ2n) is 2.61. The molecule has 62 valence electrons. The molecular formula is C7H7N3O2. The van der Waals surface area contributed by atoms with Gasteiger partial charge in [-0.1, -0.05) is 5.16 Å². The molecule has 2 heterocycles. The molecule has 0 aliphatic heterocycles. The Morgan fingerprint density at radius 2 is 2.08 bits per heavy atom. The summed E-state index contributed by atoms with van der Waals surface area (Å²) in [6.07, 6.45) is 0. The Morgan fingerprint density at radius 3 is 2.75 bits per heavy atom. The summed E-state index contributed by atoms with van der Waals surface area (Å²) in [6.45, 7) is 3.48. The maximum Gasteiger partial charge on any atom is 0.277 e. The topological polar surface area (TPSA) is 71.8 Å². The van der Waals surface area contributed by atoms with E-state index in [0.29, 0.717) is 22.4 Å². The van der Waals surface area contributed by atoms with E-state index in [0.717, 1.165) is 0 Å². The number of rotatable bonds is 0. The molecule has 0 bridgehead atoms. The van der Waals surface area contributed by atoms with Crippen molar-refractivity contribution in [2.45, 2.75) is 13.8 Å². The predicted octanol–water partition coefficient (Wildman–Crippen LogP) is 0.528. The highest BCUT2D eigenvalue weighted by atomic mass is 16.5. The largest absolute Gasteiger partial charge is 0.354 e. The molecule has 0 fully saturated rings. The first-order valence-corrected chi connectivity index (χ1v) is 3.51. The van der Waals surface area contributed by atoms with Crippen molar-refractivity contribution in [2.24, 2.45) is 0 Å². The van der Waals surface area contributed by atoms with Gasteiger partial charge in [0.1, 0.15) is 11.1 Å². The van der Waals surface area contributed by atoms with Gasteiger partial charge in [-0.2, -0.15) is 5.10 Å². The summed E-state index contributed by atoms with van der Waals surface area (Å²) in [5.41, 5.74) is 1.45. The van der Waals surface area contributed by atoms with Gasteiger partial charge >= 0.3 is 0 Å². The van der Waals surface area contributed by atoms with Crippen LogP contribution in [0, 0.1) is 13.8 Å². The molecule has 2 aromatic rings. The van der Waals surface area contributed by atoms with Crippen molar-refractivity contribution in [3.05, 3.63) is 21.7 Å². The lowest BCUT2D eigenvalue weighted by atomic mass is 10.2. The number of aromatic nitrogens is 3. The van der Waals surface area contributed by atoms with Crippen molar-refractivity contribution < 1.29 is 4.52 Å². The third kappa shape index (κ3) is 0.761. The van der Waals surface area contributed by atoms with E-state index in [1.807, 2.05) is 0 Å². The van der Waals surface area contributed by atoms with Crippen LogP contribution >= 0.6 is 0 Å². The fraction of sp³-hybridized carbons (Fsp3) is 0.286. The van der Waals surface area contributed by atoms with E-state index < -0.39 is 0 Å². The fourth-order valence-corrected chi connectivity index (χ4v) is 1.13. The van der Waals surface area contributed by atoms with Gasteiger partial charge in [-0.15, -0.1) is 0 Å². The molecule has 0 saturated heterocycles. The number of nitrogens with one attached hydrogen (secondary N) is 1. The zero-order valence-corrected chi connectivity index (χ0v) is 6.71. The van der Waals surface area contributed by atoms with E-state index in [2.05, 4.69) is 15.4 Å². The van der Waals surface area contributed by atoms with Gasteiger partial charge in [0, 0.05) is 0 Å². The molecule has 0 unspecified atom stereocenters. The number of H-pyrrole nitrogens is 1. The molecule has 0 aliphatic rings. The third-order valence-electron chi connectivity index (χ3n) is 1.74. The van der Waals surface area contributed by atoms with Crippen molar-refractivity contribution in [1.29, 1.82) is 0 Å². The maximum absolute atomic E-state index is 11.2. The first-order valence-electron chi connectivity index (χ1n) is 3.51. The molecule has 12 heavy (non-hydrogen) atoms. The van der Waals surface area contributed by atoms with E-state index >= 15 is 0 Å². The number of nitrogens with zero attached hydrogens (tertiary/aromatic N) is 2. The summed E-state index contributed by atoms with van der Waals surface area (Å²) in [5, 5.41) is 10.3. The molecule has 0 radical (unpaired) electrons. The van der Waals surface area contributed by atoms with Crippen LogP contribution in [-0.2, 0) is 0 Å². The summed E-state index contributed by atoms with van der Waals surface area (Å²) in [7, 11) is 0. The number of aryl methyl sites for hydroxylation is 2. The average Bonchev–Trinajstić information content (AvgIpc) is 2.42. The molecule has 1 N–H and O–H groups in total. The second-order valence-corrected chi connectivity index (χ2v) is 2.61. The maximum atomic E-state index is 11.2. The Labute approximate surface area is 67.4 Å². The van der Waals surface area contributed by atoms with Crippen LogP contribution in [0.3, 0.4) is 0 Å². The van der Waals surface area contributed by atoms with Crippen molar-refractivity contribution in [3.63, 3.8) is 0 Å². The predicted molar refractivity (Wildman–Crippen MR) is 41.9 cm³/mol. The van der Waals surface area contributed by atoms with Crippen LogP contribution in [0.25, 0.3) is 11.0 Å². The Balaban J connectivity index is 3.09. The van der Waals surface area contributed by atoms with Gasteiger partial charge in [-0.3, -0.25) is 4.79 Å². The van der Waals surface area contributed by atoms with Gasteiger partial charge in [-0.05, 0) is 13.8 Å². The first-order chi connectivity index (χ1) is 5.70. The normalized spacial score (nSPS) is 10.8. The van der Waals surface area contributed by atoms with Crippen molar-refractivity contribution >= 4 is 11.0 Å². The van der Waals surface area contributed by atoms with Gasteiger partial charge in [0.15, 0.2) is 5.58 Å². The SMILES string of the molecule is Cc1n[nH]c(=O)c2c(C)noc12. The quantitative estimate of drug-likeness (QED) is 0.618. The summed E-state index contributed by atoms with van der Waals surface area (Å²) >= 11 is 0. The number of fused-ring (bicyclic) bond motifs is 1. The van der Waals surface area contributed by atoms with Gasteiger partial charge in [-0.25, -0.2) is 5.10 Å². The minimum atomic E-state index is -0.255. The first kappa shape index (κ1) is 7.02. The minimum absolute atomic E-state index is 0.255. The second kappa shape index (κ2) is 2.17. The lowest BCUT2D eigenvalue weighted by molar-refractivity contribution is 0.447. The highest BCUT2D eigenvalue weighted by molar-refractivity contribution is 5.79. The Kier molecular flexibility index (Phi) is 1.27. The Morgan fingerprint density at radius 1 is 1.33 bits per heavy atom. The molecule has 2 aromatic heterocycles. The summed E-state index contributed by atoms with van der Waals surface area (Å²) < 4.78 is 4.93. The monoisotopic (exact) mass is 165 g/mol. The molecule has 0 aliphatic carbocycles. The van der Waals surface area contributed by atoms with Gasteiger partial charge in [0.25, 0.3) is 5.56 Å². The van der Waals surface area contributed by atoms with E-state index in [4.69, 9.17) is 4.52 Å². The van der Waals surface area contributed by atoms with E-state index in [-0.39, 0.29) is 5.56 Å². The summed E-state index contributed by atoms with van der Waals surface area (Å²) in [4.78, 5) is 11.2. The average molecular weight is 165 g/mol. The highest BCUT2D eigenvalue weighted by Gasteiger charge is 2.10. The zero-order valence-electron chi connectivity index (χ0n) is 6.71. The van der Waals surface area contributed by atoms with E-state index in [1.165, 1.54) is 0 Å². The number of hydrogen-bond acceptors (Lipinski definition) is 4. The van der Waals surface area contributed by atoms with E-state index in [1.54, 1.807) is 13.8 Å². The van der Waals surface area contributed by atoms with Crippen molar-refractivity contribution in [2.75, 3.05) is 0 Å². The molecule has 2 rings (SSSR count). The van der Waals surface area contributed by atoms with E-state index in [9.17, 15) is 4.79 Å². The molecule has 0 saturated carbocycles. The van der Waals surface area contributed by atoms with Crippen LogP contribution in [0.15, 0.2) is 9.32 Å². The van der Waals surface area contributed by atoms with Crippen molar-refractivity contribution in [1.82, 2.24) is 15.4 Å². The summed E-state index contributed by atoms with van der Waals surface area (Å²) in [6, 6.07) is 0.